The second-order valence-corrected chi connectivity index (χ2v) is 7.25. The highest BCUT2D eigenvalue weighted by molar-refractivity contribution is 5.89. The maximum Gasteiger partial charge on any atom is 0.319 e. The van der Waals surface area contributed by atoms with Gasteiger partial charge in [-0.25, -0.2) is 9.18 Å². The van der Waals surface area contributed by atoms with Gasteiger partial charge in [0.15, 0.2) is 0 Å². The molecule has 0 unspecified atom stereocenters. The number of hydrogen-bond acceptors (Lipinski definition) is 4. The van der Waals surface area contributed by atoms with E-state index >= 15 is 0 Å². The molecule has 162 valence electrons. The molecule has 1 fully saturated rings. The highest BCUT2D eigenvalue weighted by Gasteiger charge is 2.25. The van der Waals surface area contributed by atoms with Crippen molar-refractivity contribution < 1.29 is 18.8 Å². The zero-order valence-corrected chi connectivity index (χ0v) is 17.4. The third-order valence-corrected chi connectivity index (χ3v) is 4.72. The number of urea groups is 1. The Morgan fingerprint density at radius 2 is 1.76 bits per heavy atom. The molecule has 4 amide bonds. The Hall–Kier alpha value is -2.39. The Morgan fingerprint density at radius 1 is 1.17 bits per heavy atom. The second kappa shape index (κ2) is 11.6. The summed E-state index contributed by atoms with van der Waals surface area (Å²) in [5.41, 5.74) is 6.25. The summed E-state index contributed by atoms with van der Waals surface area (Å²) in [4.78, 5) is 37.7. The molecule has 0 aliphatic carbocycles. The number of nitrogens with two attached hydrogens (primary N) is 1. The van der Waals surface area contributed by atoms with E-state index in [4.69, 9.17) is 5.73 Å². The normalized spacial score (nSPS) is 15.3. The van der Waals surface area contributed by atoms with Crippen LogP contribution in [0.2, 0.25) is 0 Å². The van der Waals surface area contributed by atoms with Crippen LogP contribution in [-0.4, -0.2) is 54.5 Å². The van der Waals surface area contributed by atoms with E-state index in [0.29, 0.717) is 31.6 Å². The zero-order chi connectivity index (χ0) is 20.7. The SMILES string of the molecule is CC(C)[C@H](N)C(=O)NCC(=O)N1CCC(NC(=O)Nc2ccc(F)cc2)CC1.Cl. The molecule has 8 nitrogen and oxygen atoms in total. The number of nitrogens with zero attached hydrogens (tertiary/aromatic N) is 1. The maximum absolute atomic E-state index is 12.9. The fourth-order valence-corrected chi connectivity index (χ4v) is 2.85. The van der Waals surface area contributed by atoms with Gasteiger partial charge < -0.3 is 26.6 Å². The van der Waals surface area contributed by atoms with Gasteiger partial charge in [-0.05, 0) is 43.0 Å². The standard InChI is InChI=1S/C19H28FN5O3.ClH/c1-12(2)17(21)18(27)22-11-16(26)25-9-7-15(8-10-25)24-19(28)23-14-5-3-13(20)4-6-14;/h3-6,12,15,17H,7-11,21H2,1-2H3,(H,22,27)(H2,23,24,28);1H/t17-;/m0./s1. The molecule has 0 aromatic heterocycles. The smallest absolute Gasteiger partial charge is 0.319 e. The molecule has 1 aliphatic rings. The van der Waals surface area contributed by atoms with Gasteiger partial charge in [0.05, 0.1) is 12.6 Å². The minimum atomic E-state index is -0.637. The van der Waals surface area contributed by atoms with Gasteiger partial charge in [-0.15, -0.1) is 12.4 Å². The van der Waals surface area contributed by atoms with Gasteiger partial charge >= 0.3 is 6.03 Å². The van der Waals surface area contributed by atoms with E-state index in [1.807, 2.05) is 13.8 Å². The van der Waals surface area contributed by atoms with Crippen molar-refractivity contribution in [3.05, 3.63) is 30.1 Å². The molecule has 1 aromatic carbocycles. The number of piperidine rings is 1. The molecule has 1 atom stereocenters. The van der Waals surface area contributed by atoms with Crippen molar-refractivity contribution in [3.63, 3.8) is 0 Å². The summed E-state index contributed by atoms with van der Waals surface area (Å²) in [6.45, 7) is 4.59. The largest absolute Gasteiger partial charge is 0.346 e. The van der Waals surface area contributed by atoms with Crippen LogP contribution < -0.4 is 21.7 Å². The van der Waals surface area contributed by atoms with Crippen LogP contribution >= 0.6 is 12.4 Å². The van der Waals surface area contributed by atoms with Crippen molar-refractivity contribution >= 4 is 35.9 Å². The van der Waals surface area contributed by atoms with E-state index < -0.39 is 6.04 Å². The first-order chi connectivity index (χ1) is 13.3. The fraction of sp³-hybridized carbons (Fsp3) is 0.526. The van der Waals surface area contributed by atoms with Gasteiger partial charge in [0.1, 0.15) is 5.82 Å². The highest BCUT2D eigenvalue weighted by atomic mass is 35.5. The van der Waals surface area contributed by atoms with Crippen molar-refractivity contribution in [1.82, 2.24) is 15.5 Å². The van der Waals surface area contributed by atoms with Gasteiger partial charge in [0.25, 0.3) is 0 Å². The first-order valence-corrected chi connectivity index (χ1v) is 9.40. The van der Waals surface area contributed by atoms with Gasteiger partial charge in [0.2, 0.25) is 11.8 Å². The third-order valence-electron chi connectivity index (χ3n) is 4.72. The molecule has 0 spiro atoms. The number of anilines is 1. The summed E-state index contributed by atoms with van der Waals surface area (Å²) in [5, 5.41) is 8.07. The van der Waals surface area contributed by atoms with Gasteiger partial charge in [0, 0.05) is 24.8 Å². The Labute approximate surface area is 176 Å². The van der Waals surface area contributed by atoms with Crippen LogP contribution in [-0.2, 0) is 9.59 Å². The van der Waals surface area contributed by atoms with E-state index in [0.717, 1.165) is 0 Å². The molecule has 29 heavy (non-hydrogen) atoms. The summed E-state index contributed by atoms with van der Waals surface area (Å²) in [5.74, 6) is -0.876. The van der Waals surface area contributed by atoms with Crippen molar-refractivity contribution in [3.8, 4) is 0 Å². The lowest BCUT2D eigenvalue weighted by Crippen LogP contribution is -2.51. The van der Waals surface area contributed by atoms with Crippen LogP contribution in [0.3, 0.4) is 0 Å². The van der Waals surface area contributed by atoms with E-state index in [2.05, 4.69) is 16.0 Å². The lowest BCUT2D eigenvalue weighted by atomic mass is 10.0. The summed E-state index contributed by atoms with van der Waals surface area (Å²) >= 11 is 0. The topological polar surface area (TPSA) is 117 Å². The maximum atomic E-state index is 12.9. The molecule has 0 saturated carbocycles. The molecule has 1 aliphatic heterocycles. The van der Waals surface area contributed by atoms with Crippen LogP contribution in [0.25, 0.3) is 0 Å². The first-order valence-electron chi connectivity index (χ1n) is 9.40. The van der Waals surface area contributed by atoms with E-state index in [-0.39, 0.29) is 54.6 Å². The lowest BCUT2D eigenvalue weighted by molar-refractivity contribution is -0.134. The fourth-order valence-electron chi connectivity index (χ4n) is 2.85. The predicted octanol–water partition coefficient (Wildman–Crippen LogP) is 1.46. The lowest BCUT2D eigenvalue weighted by Gasteiger charge is -2.32. The van der Waals surface area contributed by atoms with Crippen LogP contribution in [0.5, 0.6) is 0 Å². The minimum absolute atomic E-state index is 0. The first kappa shape index (κ1) is 24.6. The number of carbonyl (C=O) groups is 3. The Bertz CT molecular complexity index is 694. The Kier molecular flexibility index (Phi) is 9.84. The number of amides is 4. The number of halogens is 2. The van der Waals surface area contributed by atoms with Crippen LogP contribution in [0.15, 0.2) is 24.3 Å². The number of carbonyl (C=O) groups excluding carboxylic acids is 3. The number of rotatable bonds is 6. The zero-order valence-electron chi connectivity index (χ0n) is 16.6. The van der Waals surface area contributed by atoms with Crippen LogP contribution in [0, 0.1) is 11.7 Å². The average Bonchev–Trinajstić information content (AvgIpc) is 2.67. The molecule has 5 N–H and O–H groups in total. The van der Waals surface area contributed by atoms with Gasteiger partial charge in [-0.3, -0.25) is 9.59 Å². The molecule has 10 heteroatoms. The monoisotopic (exact) mass is 429 g/mol. The summed E-state index contributed by atoms with van der Waals surface area (Å²) < 4.78 is 12.9. The molecular formula is C19H29ClFN5O3. The quantitative estimate of drug-likeness (QED) is 0.547. The van der Waals surface area contributed by atoms with Crippen molar-refractivity contribution in [2.24, 2.45) is 11.7 Å². The van der Waals surface area contributed by atoms with Crippen LogP contribution in [0.4, 0.5) is 14.9 Å². The van der Waals surface area contributed by atoms with Crippen LogP contribution in [0.1, 0.15) is 26.7 Å². The molecule has 0 bridgehead atoms. The van der Waals surface area contributed by atoms with Gasteiger partial charge in [-0.2, -0.15) is 0 Å². The summed E-state index contributed by atoms with van der Waals surface area (Å²) in [6.07, 6.45) is 1.23. The van der Waals surface area contributed by atoms with E-state index in [1.165, 1.54) is 24.3 Å². The molecule has 0 radical (unpaired) electrons. The summed E-state index contributed by atoms with van der Waals surface area (Å²) in [6, 6.07) is 4.44. The molecule has 1 saturated heterocycles. The van der Waals surface area contributed by atoms with E-state index in [1.54, 1.807) is 4.90 Å². The van der Waals surface area contributed by atoms with E-state index in [9.17, 15) is 18.8 Å². The molecular weight excluding hydrogens is 401 g/mol. The number of nitrogens with one attached hydrogen (secondary N) is 3. The minimum Gasteiger partial charge on any atom is -0.346 e. The third kappa shape index (κ3) is 7.86. The number of likely N-dealkylation sites (tertiary alicyclic amines) is 1. The number of hydrogen-bond donors (Lipinski definition) is 4. The molecule has 1 aromatic rings. The van der Waals surface area contributed by atoms with Crippen molar-refractivity contribution in [2.75, 3.05) is 25.0 Å². The highest BCUT2D eigenvalue weighted by Crippen LogP contribution is 2.12. The average molecular weight is 430 g/mol. The predicted molar refractivity (Wildman–Crippen MR) is 111 cm³/mol. The van der Waals surface area contributed by atoms with Crippen molar-refractivity contribution in [2.45, 2.75) is 38.8 Å². The second-order valence-electron chi connectivity index (χ2n) is 7.25. The Balaban J connectivity index is 0.00000420. The van der Waals surface area contributed by atoms with Crippen molar-refractivity contribution in [1.29, 1.82) is 0 Å². The summed E-state index contributed by atoms with van der Waals surface area (Å²) in [7, 11) is 0. The molecule has 1 heterocycles. The molecule has 2 rings (SSSR count). The Morgan fingerprint density at radius 3 is 2.31 bits per heavy atom. The van der Waals surface area contributed by atoms with Gasteiger partial charge in [-0.1, -0.05) is 13.8 Å². The number of benzene rings is 1.